The molecule has 6 heteroatoms. The predicted molar refractivity (Wildman–Crippen MR) is 87.7 cm³/mol. The zero-order valence-corrected chi connectivity index (χ0v) is 13.9. The van der Waals surface area contributed by atoms with Gasteiger partial charge in [0.2, 0.25) is 0 Å². The monoisotopic (exact) mass is 369 g/mol. The fraction of sp³-hybridized carbons (Fsp3) is 0.200. The Hall–Kier alpha value is -1.53. The van der Waals surface area contributed by atoms with Gasteiger partial charge < -0.3 is 10.1 Å². The largest absolute Gasteiger partial charge is 0.492 e. The van der Waals surface area contributed by atoms with Gasteiger partial charge in [0.15, 0.2) is 9.84 Å². The first-order valence-corrected chi connectivity index (χ1v) is 9.06. The van der Waals surface area contributed by atoms with Gasteiger partial charge in [-0.05, 0) is 36.4 Å². The Morgan fingerprint density at radius 3 is 2.62 bits per heavy atom. The number of sulfone groups is 1. The van der Waals surface area contributed by atoms with Crippen molar-refractivity contribution in [3.05, 3.63) is 53.0 Å². The zero-order valence-electron chi connectivity index (χ0n) is 11.5. The van der Waals surface area contributed by atoms with Gasteiger partial charge in [-0.1, -0.05) is 28.1 Å². The van der Waals surface area contributed by atoms with Gasteiger partial charge in [-0.25, -0.2) is 8.42 Å². The summed E-state index contributed by atoms with van der Waals surface area (Å²) in [6.07, 6.45) is 1.18. The molecule has 0 aliphatic heterocycles. The molecule has 1 N–H and O–H groups in total. The first-order valence-electron chi connectivity index (χ1n) is 6.37. The molecule has 0 atom stereocenters. The molecule has 0 saturated carbocycles. The van der Waals surface area contributed by atoms with Gasteiger partial charge in [0.25, 0.3) is 0 Å². The maximum atomic E-state index is 11.5. The molecular weight excluding hydrogens is 354 g/mol. The van der Waals surface area contributed by atoms with E-state index in [-0.39, 0.29) is 4.90 Å². The highest BCUT2D eigenvalue weighted by atomic mass is 79.9. The Morgan fingerprint density at radius 2 is 1.90 bits per heavy atom. The van der Waals surface area contributed by atoms with Gasteiger partial charge in [-0.15, -0.1) is 0 Å². The van der Waals surface area contributed by atoms with Crippen LogP contribution in [0.3, 0.4) is 0 Å². The van der Waals surface area contributed by atoms with Gasteiger partial charge in [-0.2, -0.15) is 0 Å². The number of ether oxygens (including phenoxy) is 1. The van der Waals surface area contributed by atoms with Crippen LogP contribution in [0.4, 0.5) is 5.69 Å². The summed E-state index contributed by atoms with van der Waals surface area (Å²) in [6.45, 7) is 1.07. The van der Waals surface area contributed by atoms with E-state index in [1.165, 1.54) is 12.3 Å². The Kier molecular flexibility index (Phi) is 5.25. The van der Waals surface area contributed by atoms with Crippen molar-refractivity contribution < 1.29 is 13.2 Å². The topological polar surface area (TPSA) is 55.4 Å². The highest BCUT2D eigenvalue weighted by Gasteiger charge is 2.07. The molecule has 0 aliphatic carbocycles. The summed E-state index contributed by atoms with van der Waals surface area (Å²) < 4.78 is 29.5. The highest BCUT2D eigenvalue weighted by Crippen LogP contribution is 2.18. The van der Waals surface area contributed by atoms with Crippen LogP contribution in [0, 0.1) is 0 Å². The molecule has 0 saturated heterocycles. The van der Waals surface area contributed by atoms with E-state index < -0.39 is 9.84 Å². The smallest absolute Gasteiger partial charge is 0.175 e. The standard InChI is InChI=1S/C15H16BrNO3S/c1-21(18,19)15-7-3-6-14(11-15)20-9-8-17-13-5-2-4-12(16)10-13/h2-7,10-11,17H,8-9H2,1H3. The summed E-state index contributed by atoms with van der Waals surface area (Å²) in [7, 11) is -3.20. The van der Waals surface area contributed by atoms with Crippen molar-refractivity contribution >= 4 is 31.5 Å². The Morgan fingerprint density at radius 1 is 1.14 bits per heavy atom. The summed E-state index contributed by atoms with van der Waals surface area (Å²) in [5.41, 5.74) is 0.998. The van der Waals surface area contributed by atoms with Gasteiger partial charge in [0.1, 0.15) is 12.4 Å². The Labute approximate surface area is 133 Å². The van der Waals surface area contributed by atoms with E-state index in [9.17, 15) is 8.42 Å². The molecule has 0 unspecified atom stereocenters. The number of nitrogens with one attached hydrogen (secondary N) is 1. The summed E-state index contributed by atoms with van der Waals surface area (Å²) in [6, 6.07) is 14.4. The number of halogens is 1. The molecule has 4 nitrogen and oxygen atoms in total. The molecule has 21 heavy (non-hydrogen) atoms. The van der Waals surface area contributed by atoms with Crippen molar-refractivity contribution in [3.63, 3.8) is 0 Å². The summed E-state index contributed by atoms with van der Waals surface area (Å²) in [5.74, 6) is 0.550. The first kappa shape index (κ1) is 15.9. The molecule has 0 bridgehead atoms. The molecule has 2 aromatic rings. The second kappa shape index (κ2) is 6.95. The molecule has 0 radical (unpaired) electrons. The van der Waals surface area contributed by atoms with E-state index >= 15 is 0 Å². The average Bonchev–Trinajstić information content (AvgIpc) is 2.43. The van der Waals surface area contributed by atoms with E-state index in [2.05, 4.69) is 21.2 Å². The lowest BCUT2D eigenvalue weighted by atomic mass is 10.3. The Balaban J connectivity index is 1.87. The molecule has 0 aliphatic rings. The van der Waals surface area contributed by atoms with Gasteiger partial charge in [0.05, 0.1) is 4.90 Å². The molecule has 112 valence electrons. The number of anilines is 1. The van der Waals surface area contributed by atoms with Crippen molar-refractivity contribution in [2.45, 2.75) is 4.90 Å². The second-order valence-electron chi connectivity index (χ2n) is 4.53. The minimum atomic E-state index is -3.20. The SMILES string of the molecule is CS(=O)(=O)c1cccc(OCCNc2cccc(Br)c2)c1. The highest BCUT2D eigenvalue weighted by molar-refractivity contribution is 9.10. The lowest BCUT2D eigenvalue weighted by Crippen LogP contribution is -2.11. The molecular formula is C15H16BrNO3S. The van der Waals surface area contributed by atoms with Crippen LogP contribution in [0.1, 0.15) is 0 Å². The van der Waals surface area contributed by atoms with E-state index in [4.69, 9.17) is 4.74 Å². The lowest BCUT2D eigenvalue weighted by molar-refractivity contribution is 0.332. The molecule has 0 amide bonds. The molecule has 0 aromatic heterocycles. The third-order valence-electron chi connectivity index (χ3n) is 2.76. The lowest BCUT2D eigenvalue weighted by Gasteiger charge is -2.09. The molecule has 0 spiro atoms. The molecule has 2 aromatic carbocycles. The zero-order chi connectivity index (χ0) is 15.3. The maximum Gasteiger partial charge on any atom is 0.175 e. The van der Waals surface area contributed by atoms with Crippen molar-refractivity contribution in [1.29, 1.82) is 0 Å². The quantitative estimate of drug-likeness (QED) is 0.793. The number of hydrogen-bond donors (Lipinski definition) is 1. The normalized spacial score (nSPS) is 11.1. The number of benzene rings is 2. The third kappa shape index (κ3) is 5.06. The van der Waals surface area contributed by atoms with Crippen LogP contribution < -0.4 is 10.1 Å². The van der Waals surface area contributed by atoms with Crippen molar-refractivity contribution in [3.8, 4) is 5.75 Å². The molecule has 0 heterocycles. The van der Waals surface area contributed by atoms with Crippen LogP contribution in [0.15, 0.2) is 57.9 Å². The molecule has 0 fully saturated rings. The van der Waals surface area contributed by atoms with E-state index in [1.807, 2.05) is 24.3 Å². The Bertz CT molecular complexity index is 716. The average molecular weight is 370 g/mol. The number of hydrogen-bond acceptors (Lipinski definition) is 4. The maximum absolute atomic E-state index is 11.5. The van der Waals surface area contributed by atoms with Crippen LogP contribution in [0.5, 0.6) is 5.75 Å². The van der Waals surface area contributed by atoms with Crippen LogP contribution in [0.25, 0.3) is 0 Å². The van der Waals surface area contributed by atoms with Crippen molar-refractivity contribution in [1.82, 2.24) is 0 Å². The van der Waals surface area contributed by atoms with E-state index in [1.54, 1.807) is 18.2 Å². The second-order valence-corrected chi connectivity index (χ2v) is 7.46. The molecule has 2 rings (SSSR count). The van der Waals surface area contributed by atoms with E-state index in [0.29, 0.717) is 18.9 Å². The fourth-order valence-electron chi connectivity index (χ4n) is 1.76. The first-order chi connectivity index (χ1) is 9.95. The van der Waals surface area contributed by atoms with Crippen LogP contribution in [-0.2, 0) is 9.84 Å². The minimum absolute atomic E-state index is 0.264. The van der Waals surface area contributed by atoms with Crippen molar-refractivity contribution in [2.24, 2.45) is 0 Å². The predicted octanol–water partition coefficient (Wildman–Crippen LogP) is 3.34. The van der Waals surface area contributed by atoms with Gasteiger partial charge >= 0.3 is 0 Å². The minimum Gasteiger partial charge on any atom is -0.492 e. The third-order valence-corrected chi connectivity index (χ3v) is 4.36. The van der Waals surface area contributed by atoms with Gasteiger partial charge in [0, 0.05) is 23.0 Å². The summed E-state index contributed by atoms with van der Waals surface area (Å²) >= 11 is 3.41. The van der Waals surface area contributed by atoms with Crippen LogP contribution in [0.2, 0.25) is 0 Å². The number of rotatable bonds is 6. The summed E-state index contributed by atoms with van der Waals surface area (Å²) in [4.78, 5) is 0.264. The van der Waals surface area contributed by atoms with Crippen LogP contribution >= 0.6 is 15.9 Å². The van der Waals surface area contributed by atoms with Gasteiger partial charge in [-0.3, -0.25) is 0 Å². The van der Waals surface area contributed by atoms with Crippen LogP contribution in [-0.4, -0.2) is 27.8 Å². The fourth-order valence-corrected chi connectivity index (χ4v) is 2.81. The van der Waals surface area contributed by atoms with Crippen molar-refractivity contribution in [2.75, 3.05) is 24.7 Å². The summed E-state index contributed by atoms with van der Waals surface area (Å²) in [5, 5.41) is 3.23. The van der Waals surface area contributed by atoms with E-state index in [0.717, 1.165) is 10.2 Å².